The number of rotatable bonds is 1. The summed E-state index contributed by atoms with van der Waals surface area (Å²) in [6, 6.07) is 1.24. The van der Waals surface area contributed by atoms with Gasteiger partial charge in [-0.05, 0) is 22.0 Å². The van der Waals surface area contributed by atoms with Crippen LogP contribution in [0.3, 0.4) is 0 Å². The molecule has 1 aromatic rings. The van der Waals surface area contributed by atoms with E-state index in [-0.39, 0.29) is 11.6 Å². The Morgan fingerprint density at radius 2 is 2.19 bits per heavy atom. The van der Waals surface area contributed by atoms with Gasteiger partial charge in [0.05, 0.1) is 13.2 Å². The van der Waals surface area contributed by atoms with E-state index in [1.54, 1.807) is 4.90 Å². The number of hydrogen-bond donors (Lipinski definition) is 0. The van der Waals surface area contributed by atoms with E-state index in [1.165, 1.54) is 12.3 Å². The summed E-state index contributed by atoms with van der Waals surface area (Å²) in [7, 11) is 0. The van der Waals surface area contributed by atoms with Crippen molar-refractivity contribution in [2.75, 3.05) is 26.3 Å². The summed E-state index contributed by atoms with van der Waals surface area (Å²) in [6.45, 7) is 1.94. The Balaban J connectivity index is 2.19. The highest BCUT2D eigenvalue weighted by Gasteiger charge is 2.22. The molecule has 86 valence electrons. The highest BCUT2D eigenvalue weighted by Crippen LogP contribution is 2.14. The molecule has 1 aromatic heterocycles. The molecule has 0 spiro atoms. The first kappa shape index (κ1) is 11.5. The maximum absolute atomic E-state index is 13.5. The van der Waals surface area contributed by atoms with Crippen LogP contribution in [0.15, 0.2) is 16.7 Å². The van der Waals surface area contributed by atoms with E-state index in [9.17, 15) is 9.18 Å². The standard InChI is InChI=1S/C10H10BrFN2O2/c11-7-5-8(12)9(13-6-7)10(15)14-1-3-16-4-2-14/h5-6H,1-4H2. The minimum absolute atomic E-state index is 0.134. The van der Waals surface area contributed by atoms with Crippen LogP contribution in [0.5, 0.6) is 0 Å². The van der Waals surface area contributed by atoms with Crippen LogP contribution in [0.4, 0.5) is 4.39 Å². The topological polar surface area (TPSA) is 42.4 Å². The fourth-order valence-corrected chi connectivity index (χ4v) is 1.79. The number of pyridine rings is 1. The molecule has 1 fully saturated rings. The number of morpholine rings is 1. The highest BCUT2D eigenvalue weighted by atomic mass is 79.9. The largest absolute Gasteiger partial charge is 0.378 e. The second-order valence-electron chi connectivity index (χ2n) is 3.39. The van der Waals surface area contributed by atoms with Crippen molar-refractivity contribution in [1.82, 2.24) is 9.88 Å². The number of amides is 1. The zero-order valence-electron chi connectivity index (χ0n) is 8.45. The first-order valence-corrected chi connectivity index (χ1v) is 5.66. The molecule has 2 heterocycles. The number of halogens is 2. The first-order valence-electron chi connectivity index (χ1n) is 4.86. The SMILES string of the molecule is O=C(c1ncc(Br)cc1F)N1CCOCC1. The predicted octanol–water partition coefficient (Wildman–Crippen LogP) is 1.46. The lowest BCUT2D eigenvalue weighted by Crippen LogP contribution is -2.41. The molecule has 0 radical (unpaired) electrons. The Kier molecular flexibility index (Phi) is 3.50. The molecule has 1 amide bonds. The van der Waals surface area contributed by atoms with Gasteiger partial charge < -0.3 is 9.64 Å². The molecule has 6 heteroatoms. The van der Waals surface area contributed by atoms with Crippen molar-refractivity contribution in [2.45, 2.75) is 0 Å². The number of nitrogens with zero attached hydrogens (tertiary/aromatic N) is 2. The lowest BCUT2D eigenvalue weighted by atomic mass is 10.3. The maximum Gasteiger partial charge on any atom is 0.275 e. The summed E-state index contributed by atoms with van der Waals surface area (Å²) in [4.78, 5) is 17.2. The Bertz CT molecular complexity index is 408. The molecule has 1 saturated heterocycles. The van der Waals surface area contributed by atoms with Gasteiger partial charge in [-0.25, -0.2) is 9.37 Å². The van der Waals surface area contributed by atoms with Crippen molar-refractivity contribution >= 4 is 21.8 Å². The fraction of sp³-hybridized carbons (Fsp3) is 0.400. The molecule has 0 N–H and O–H groups in total. The molecule has 1 aliphatic heterocycles. The molecule has 0 aromatic carbocycles. The van der Waals surface area contributed by atoms with Crippen molar-refractivity contribution in [3.8, 4) is 0 Å². The molecular formula is C10H10BrFN2O2. The summed E-state index contributed by atoms with van der Waals surface area (Å²) >= 11 is 3.09. The Hall–Kier alpha value is -1.01. The van der Waals surface area contributed by atoms with E-state index in [0.717, 1.165) is 0 Å². The van der Waals surface area contributed by atoms with Crippen LogP contribution in [-0.4, -0.2) is 42.1 Å². The summed E-state index contributed by atoms with van der Waals surface area (Å²) < 4.78 is 19.1. The van der Waals surface area contributed by atoms with Gasteiger partial charge >= 0.3 is 0 Å². The average Bonchev–Trinajstić information content (AvgIpc) is 2.29. The lowest BCUT2D eigenvalue weighted by molar-refractivity contribution is 0.0295. The third-order valence-electron chi connectivity index (χ3n) is 2.31. The molecule has 0 bridgehead atoms. The second kappa shape index (κ2) is 4.88. The maximum atomic E-state index is 13.5. The van der Waals surface area contributed by atoms with Gasteiger partial charge in [-0.3, -0.25) is 4.79 Å². The number of ether oxygens (including phenoxy) is 1. The van der Waals surface area contributed by atoms with Gasteiger partial charge in [-0.2, -0.15) is 0 Å². The fourth-order valence-electron chi connectivity index (χ4n) is 1.49. The third kappa shape index (κ3) is 2.38. The van der Waals surface area contributed by atoms with Crippen LogP contribution in [0.25, 0.3) is 0 Å². The van der Waals surface area contributed by atoms with Gasteiger partial charge in [0.1, 0.15) is 0 Å². The lowest BCUT2D eigenvalue weighted by Gasteiger charge is -2.26. The Morgan fingerprint density at radius 1 is 1.50 bits per heavy atom. The van der Waals surface area contributed by atoms with Crippen LogP contribution >= 0.6 is 15.9 Å². The predicted molar refractivity (Wildman–Crippen MR) is 58.6 cm³/mol. The quantitative estimate of drug-likeness (QED) is 0.786. The van der Waals surface area contributed by atoms with Gasteiger partial charge in [0.2, 0.25) is 0 Å². The summed E-state index contributed by atoms with van der Waals surface area (Å²) in [5.41, 5.74) is -0.134. The first-order chi connectivity index (χ1) is 7.68. The van der Waals surface area contributed by atoms with Crippen molar-refractivity contribution in [3.05, 3.63) is 28.2 Å². The van der Waals surface area contributed by atoms with Crippen molar-refractivity contribution in [3.63, 3.8) is 0 Å². The van der Waals surface area contributed by atoms with Crippen LogP contribution in [0, 0.1) is 5.82 Å². The van der Waals surface area contributed by atoms with Crippen molar-refractivity contribution in [1.29, 1.82) is 0 Å². The zero-order valence-corrected chi connectivity index (χ0v) is 10.0. The Morgan fingerprint density at radius 3 is 2.81 bits per heavy atom. The van der Waals surface area contributed by atoms with Crippen LogP contribution in [0.1, 0.15) is 10.5 Å². The summed E-state index contributed by atoms with van der Waals surface area (Å²) in [5, 5.41) is 0. The minimum atomic E-state index is -0.606. The zero-order chi connectivity index (χ0) is 11.5. The van der Waals surface area contributed by atoms with E-state index in [1.807, 2.05) is 0 Å². The van der Waals surface area contributed by atoms with Crippen LogP contribution in [-0.2, 0) is 4.74 Å². The molecule has 0 aliphatic carbocycles. The Labute approximate surface area is 101 Å². The minimum Gasteiger partial charge on any atom is -0.378 e. The van der Waals surface area contributed by atoms with E-state index in [2.05, 4.69) is 20.9 Å². The number of hydrogen-bond acceptors (Lipinski definition) is 3. The van der Waals surface area contributed by atoms with Gasteiger partial charge in [0.25, 0.3) is 5.91 Å². The monoisotopic (exact) mass is 288 g/mol. The third-order valence-corrected chi connectivity index (χ3v) is 2.74. The van der Waals surface area contributed by atoms with Gasteiger partial charge in [-0.15, -0.1) is 0 Å². The van der Waals surface area contributed by atoms with Gasteiger partial charge in [0.15, 0.2) is 11.5 Å². The summed E-state index contributed by atoms with van der Waals surface area (Å²) in [6.07, 6.45) is 1.41. The molecule has 0 unspecified atom stereocenters. The van der Waals surface area contributed by atoms with E-state index >= 15 is 0 Å². The van der Waals surface area contributed by atoms with Gasteiger partial charge in [-0.1, -0.05) is 0 Å². The van der Waals surface area contributed by atoms with Gasteiger partial charge in [0, 0.05) is 23.8 Å². The highest BCUT2D eigenvalue weighted by molar-refractivity contribution is 9.10. The normalized spacial score (nSPS) is 16.2. The molecule has 16 heavy (non-hydrogen) atoms. The molecule has 0 atom stereocenters. The second-order valence-corrected chi connectivity index (χ2v) is 4.30. The number of carbonyl (C=O) groups is 1. The van der Waals surface area contributed by atoms with E-state index < -0.39 is 5.82 Å². The molecule has 4 nitrogen and oxygen atoms in total. The molecule has 1 aliphatic rings. The van der Waals surface area contributed by atoms with E-state index in [0.29, 0.717) is 30.8 Å². The molecule has 2 rings (SSSR count). The average molecular weight is 289 g/mol. The molecular weight excluding hydrogens is 279 g/mol. The smallest absolute Gasteiger partial charge is 0.275 e. The number of carbonyl (C=O) groups excluding carboxylic acids is 1. The molecule has 0 saturated carbocycles. The van der Waals surface area contributed by atoms with Crippen molar-refractivity contribution in [2.24, 2.45) is 0 Å². The van der Waals surface area contributed by atoms with E-state index in [4.69, 9.17) is 4.74 Å². The summed E-state index contributed by atoms with van der Waals surface area (Å²) in [5.74, 6) is -0.987. The van der Waals surface area contributed by atoms with Crippen LogP contribution in [0.2, 0.25) is 0 Å². The van der Waals surface area contributed by atoms with Crippen LogP contribution < -0.4 is 0 Å². The number of aromatic nitrogens is 1. The van der Waals surface area contributed by atoms with Crippen molar-refractivity contribution < 1.29 is 13.9 Å².